The zero-order valence-corrected chi connectivity index (χ0v) is 11.8. The van der Waals surface area contributed by atoms with Crippen molar-refractivity contribution >= 4 is 17.2 Å². The van der Waals surface area contributed by atoms with Crippen molar-refractivity contribution in [1.29, 1.82) is 0 Å². The van der Waals surface area contributed by atoms with Crippen LogP contribution in [0.25, 0.3) is 0 Å². The summed E-state index contributed by atoms with van der Waals surface area (Å²) in [6.45, 7) is 4.25. The summed E-state index contributed by atoms with van der Waals surface area (Å²) in [7, 11) is 0. The van der Waals surface area contributed by atoms with E-state index in [-0.39, 0.29) is 16.9 Å². The Morgan fingerprint density at radius 1 is 1.58 bits per heavy atom. The topological polar surface area (TPSA) is 49.5 Å². The number of hydrogen-bond donors (Lipinski definition) is 2. The summed E-state index contributed by atoms with van der Waals surface area (Å²) in [5.74, 6) is -0.00446. The number of nitrogens with two attached hydrogens (primary N) is 1. The van der Waals surface area contributed by atoms with Gasteiger partial charge in [-0.1, -0.05) is 12.2 Å². The minimum absolute atomic E-state index is 0.212. The fourth-order valence-corrected chi connectivity index (χ4v) is 2.66. The summed E-state index contributed by atoms with van der Waals surface area (Å²) in [5, 5.41) is 9.58. The van der Waals surface area contributed by atoms with Gasteiger partial charge in [-0.2, -0.15) is 0 Å². The molecule has 1 aliphatic rings. The van der Waals surface area contributed by atoms with Crippen molar-refractivity contribution < 1.29 is 9.50 Å². The smallest absolute Gasteiger partial charge is 0.124 e. The van der Waals surface area contributed by atoms with Crippen LogP contribution in [-0.4, -0.2) is 34.2 Å². The van der Waals surface area contributed by atoms with E-state index in [2.05, 4.69) is 4.90 Å². The van der Waals surface area contributed by atoms with Crippen molar-refractivity contribution in [1.82, 2.24) is 4.90 Å². The first-order valence-corrected chi connectivity index (χ1v) is 6.86. The Kier molecular flexibility index (Phi) is 4.50. The largest absolute Gasteiger partial charge is 0.393 e. The molecule has 2 rings (SSSR count). The van der Waals surface area contributed by atoms with E-state index in [1.165, 1.54) is 12.1 Å². The summed E-state index contributed by atoms with van der Waals surface area (Å²) in [5.41, 5.74) is 6.98. The number of thiocarbonyl (C=S) groups is 1. The molecule has 1 aromatic rings. The third kappa shape index (κ3) is 3.72. The van der Waals surface area contributed by atoms with Crippen molar-refractivity contribution in [3.63, 3.8) is 0 Å². The number of nitrogens with zero attached hydrogens (tertiary/aromatic N) is 1. The molecule has 0 bridgehead atoms. The lowest BCUT2D eigenvalue weighted by atomic mass is 10.0. The molecule has 1 heterocycles. The molecule has 5 heteroatoms. The molecule has 0 aromatic heterocycles. The minimum atomic E-state index is -0.313. The Hall–Kier alpha value is -1.04. The van der Waals surface area contributed by atoms with E-state index in [0.29, 0.717) is 18.0 Å². The second kappa shape index (κ2) is 5.94. The molecular weight excluding hydrogens is 263 g/mol. The Balaban J connectivity index is 2.06. The highest BCUT2D eigenvalue weighted by atomic mass is 32.1. The first kappa shape index (κ1) is 14.4. The van der Waals surface area contributed by atoms with Gasteiger partial charge in [-0.25, -0.2) is 4.39 Å². The number of rotatable bonds is 4. The molecule has 0 aliphatic carbocycles. The molecule has 3 nitrogen and oxygen atoms in total. The van der Waals surface area contributed by atoms with E-state index in [0.717, 1.165) is 25.1 Å². The van der Waals surface area contributed by atoms with Gasteiger partial charge in [0.15, 0.2) is 0 Å². The van der Waals surface area contributed by atoms with Gasteiger partial charge in [0.05, 0.1) is 6.10 Å². The molecule has 19 heavy (non-hydrogen) atoms. The van der Waals surface area contributed by atoms with Crippen LogP contribution >= 0.6 is 12.2 Å². The second-order valence-electron chi connectivity index (χ2n) is 5.24. The normalized spacial score (nSPS) is 21.5. The maximum atomic E-state index is 13.5. The van der Waals surface area contributed by atoms with E-state index >= 15 is 0 Å². The summed E-state index contributed by atoms with van der Waals surface area (Å²) < 4.78 is 13.5. The standard InChI is InChI=1S/C14H19FN2OS/c1-9(18)11-2-3-17(8-11)7-10-4-12(14(16)19)6-13(15)5-10/h4-6,9,11,18H,2-3,7-8H2,1H3,(H2,16,19). The van der Waals surface area contributed by atoms with Crippen molar-refractivity contribution in [2.24, 2.45) is 11.7 Å². The Morgan fingerprint density at radius 2 is 2.32 bits per heavy atom. The predicted molar refractivity (Wildman–Crippen MR) is 77.4 cm³/mol. The number of aliphatic hydroxyl groups is 1. The molecule has 1 saturated heterocycles. The lowest BCUT2D eigenvalue weighted by Crippen LogP contribution is -2.24. The van der Waals surface area contributed by atoms with Crippen LogP contribution in [0, 0.1) is 11.7 Å². The molecular formula is C14H19FN2OS. The first-order chi connectivity index (χ1) is 8.95. The Labute approximate surface area is 118 Å². The second-order valence-corrected chi connectivity index (χ2v) is 5.68. The zero-order chi connectivity index (χ0) is 14.0. The quantitative estimate of drug-likeness (QED) is 0.825. The van der Waals surface area contributed by atoms with E-state index < -0.39 is 0 Å². The average molecular weight is 282 g/mol. The summed E-state index contributed by atoms with van der Waals surface area (Å²) in [6.07, 6.45) is 0.694. The monoisotopic (exact) mass is 282 g/mol. The molecule has 0 radical (unpaired) electrons. The van der Waals surface area contributed by atoms with Crippen LogP contribution in [0.1, 0.15) is 24.5 Å². The lowest BCUT2D eigenvalue weighted by Gasteiger charge is -2.17. The predicted octanol–water partition coefficient (Wildman–Crippen LogP) is 1.66. The van der Waals surface area contributed by atoms with Crippen molar-refractivity contribution in [2.75, 3.05) is 13.1 Å². The van der Waals surface area contributed by atoms with Gasteiger partial charge < -0.3 is 10.8 Å². The van der Waals surface area contributed by atoms with Crippen LogP contribution in [-0.2, 0) is 6.54 Å². The average Bonchev–Trinajstić information content (AvgIpc) is 2.76. The third-order valence-electron chi connectivity index (χ3n) is 3.64. The highest BCUT2D eigenvalue weighted by molar-refractivity contribution is 7.80. The number of hydrogen-bond acceptors (Lipinski definition) is 3. The van der Waals surface area contributed by atoms with Gasteiger partial charge >= 0.3 is 0 Å². The molecule has 1 aromatic carbocycles. The van der Waals surface area contributed by atoms with Gasteiger partial charge in [0, 0.05) is 18.7 Å². The molecule has 1 aliphatic heterocycles. The van der Waals surface area contributed by atoms with Crippen LogP contribution in [0.3, 0.4) is 0 Å². The molecule has 0 amide bonds. The maximum absolute atomic E-state index is 13.5. The van der Waals surface area contributed by atoms with Crippen LogP contribution in [0.15, 0.2) is 18.2 Å². The van der Waals surface area contributed by atoms with Gasteiger partial charge in [-0.3, -0.25) is 4.90 Å². The maximum Gasteiger partial charge on any atom is 0.124 e. The zero-order valence-electron chi connectivity index (χ0n) is 11.0. The number of likely N-dealkylation sites (tertiary alicyclic amines) is 1. The first-order valence-electron chi connectivity index (χ1n) is 6.45. The van der Waals surface area contributed by atoms with Gasteiger partial charge in [-0.15, -0.1) is 0 Å². The third-order valence-corrected chi connectivity index (χ3v) is 3.88. The summed E-state index contributed by atoms with van der Waals surface area (Å²) >= 11 is 4.88. The van der Waals surface area contributed by atoms with E-state index in [4.69, 9.17) is 18.0 Å². The van der Waals surface area contributed by atoms with Gasteiger partial charge in [0.1, 0.15) is 10.8 Å². The molecule has 0 spiro atoms. The molecule has 0 saturated carbocycles. The lowest BCUT2D eigenvalue weighted by molar-refractivity contribution is 0.127. The van der Waals surface area contributed by atoms with Crippen LogP contribution in [0.4, 0.5) is 4.39 Å². The minimum Gasteiger partial charge on any atom is -0.393 e. The van der Waals surface area contributed by atoms with Crippen LogP contribution < -0.4 is 5.73 Å². The van der Waals surface area contributed by atoms with E-state index in [1.54, 1.807) is 0 Å². The summed E-state index contributed by atoms with van der Waals surface area (Å²) in [6, 6.07) is 4.70. The molecule has 2 unspecified atom stereocenters. The van der Waals surface area contributed by atoms with Gasteiger partial charge in [0.2, 0.25) is 0 Å². The molecule has 2 atom stereocenters. The fourth-order valence-electron chi connectivity index (χ4n) is 2.54. The summed E-state index contributed by atoms with van der Waals surface area (Å²) in [4.78, 5) is 2.43. The highest BCUT2D eigenvalue weighted by Gasteiger charge is 2.25. The number of benzene rings is 1. The molecule has 1 fully saturated rings. The van der Waals surface area contributed by atoms with Crippen molar-refractivity contribution in [3.8, 4) is 0 Å². The Bertz CT molecular complexity index is 479. The Morgan fingerprint density at radius 3 is 2.89 bits per heavy atom. The van der Waals surface area contributed by atoms with E-state index in [9.17, 15) is 9.50 Å². The fraction of sp³-hybridized carbons (Fsp3) is 0.500. The van der Waals surface area contributed by atoms with Crippen LogP contribution in [0.5, 0.6) is 0 Å². The molecule has 104 valence electrons. The number of halogens is 1. The highest BCUT2D eigenvalue weighted by Crippen LogP contribution is 2.22. The van der Waals surface area contributed by atoms with Crippen molar-refractivity contribution in [2.45, 2.75) is 26.0 Å². The van der Waals surface area contributed by atoms with Crippen molar-refractivity contribution in [3.05, 3.63) is 35.1 Å². The van der Waals surface area contributed by atoms with Crippen LogP contribution in [0.2, 0.25) is 0 Å². The SMILES string of the molecule is CC(O)C1CCN(Cc2cc(F)cc(C(N)=S)c2)C1. The molecule has 3 N–H and O–H groups in total. The van der Waals surface area contributed by atoms with E-state index in [1.807, 2.05) is 13.0 Å². The number of aliphatic hydroxyl groups excluding tert-OH is 1. The van der Waals surface area contributed by atoms with Gasteiger partial charge in [-0.05, 0) is 49.6 Å². The van der Waals surface area contributed by atoms with Gasteiger partial charge in [0.25, 0.3) is 0 Å².